The topological polar surface area (TPSA) is 75.5 Å². The largest absolute Gasteiger partial charge is 0.341 e. The molecule has 2 aromatic rings. The molecule has 1 saturated heterocycles. The SMILES string of the molecule is CN(Cc1cnn(C)c1)C(=O)C1CCN(S(=O)(=O)c2cc(F)ccc2F)CC1. The quantitative estimate of drug-likeness (QED) is 0.750. The average Bonchev–Trinajstić information content (AvgIpc) is 3.07. The molecule has 1 aliphatic rings. The molecule has 0 atom stereocenters. The molecule has 1 fully saturated rings. The number of hydrogen-bond acceptors (Lipinski definition) is 4. The van der Waals surface area contributed by atoms with E-state index in [-0.39, 0.29) is 24.9 Å². The van der Waals surface area contributed by atoms with Crippen molar-refractivity contribution in [1.82, 2.24) is 19.0 Å². The van der Waals surface area contributed by atoms with Crippen LogP contribution >= 0.6 is 0 Å². The Hall–Kier alpha value is -2.33. The number of nitrogens with zero attached hydrogens (tertiary/aromatic N) is 4. The van der Waals surface area contributed by atoms with E-state index in [1.54, 1.807) is 29.9 Å². The van der Waals surface area contributed by atoms with Crippen LogP contribution in [0.5, 0.6) is 0 Å². The first-order valence-electron chi connectivity index (χ1n) is 8.86. The van der Waals surface area contributed by atoms with Gasteiger partial charge in [0.15, 0.2) is 0 Å². The normalized spacial score (nSPS) is 16.3. The number of carbonyl (C=O) groups is 1. The summed E-state index contributed by atoms with van der Waals surface area (Å²) in [5, 5.41) is 4.07. The molecule has 0 unspecified atom stereocenters. The fourth-order valence-corrected chi connectivity index (χ4v) is 4.92. The summed E-state index contributed by atoms with van der Waals surface area (Å²) in [7, 11) is -0.658. The van der Waals surface area contributed by atoms with Gasteiger partial charge in [0, 0.05) is 51.4 Å². The number of halogens is 2. The number of hydrogen-bond donors (Lipinski definition) is 0. The number of aromatic nitrogens is 2. The van der Waals surface area contributed by atoms with E-state index < -0.39 is 26.6 Å². The molecule has 7 nitrogen and oxygen atoms in total. The predicted molar refractivity (Wildman–Crippen MR) is 97.5 cm³/mol. The molecule has 28 heavy (non-hydrogen) atoms. The van der Waals surface area contributed by atoms with Crippen LogP contribution in [0, 0.1) is 17.6 Å². The van der Waals surface area contributed by atoms with Gasteiger partial charge in [0.1, 0.15) is 16.5 Å². The zero-order chi connectivity index (χ0) is 20.5. The van der Waals surface area contributed by atoms with Crippen molar-refractivity contribution in [1.29, 1.82) is 0 Å². The van der Waals surface area contributed by atoms with Crippen molar-refractivity contribution >= 4 is 15.9 Å². The summed E-state index contributed by atoms with van der Waals surface area (Å²) >= 11 is 0. The summed E-state index contributed by atoms with van der Waals surface area (Å²) in [6.07, 6.45) is 4.16. The Morgan fingerprint density at radius 2 is 1.96 bits per heavy atom. The zero-order valence-corrected chi connectivity index (χ0v) is 16.5. The second-order valence-electron chi connectivity index (χ2n) is 6.97. The molecule has 1 aromatic heterocycles. The van der Waals surface area contributed by atoms with Gasteiger partial charge >= 0.3 is 0 Å². The maximum atomic E-state index is 13.9. The maximum absolute atomic E-state index is 13.9. The Balaban J connectivity index is 1.63. The van der Waals surface area contributed by atoms with Crippen molar-refractivity contribution < 1.29 is 22.0 Å². The van der Waals surface area contributed by atoms with Gasteiger partial charge in [-0.25, -0.2) is 17.2 Å². The van der Waals surface area contributed by atoms with E-state index in [0.29, 0.717) is 25.5 Å². The second kappa shape index (κ2) is 7.96. The molecule has 1 aliphatic heterocycles. The molecule has 0 bridgehead atoms. The molecule has 0 spiro atoms. The molecule has 0 aliphatic carbocycles. The lowest BCUT2D eigenvalue weighted by molar-refractivity contribution is -0.135. The Bertz CT molecular complexity index is 969. The molecule has 0 radical (unpaired) electrons. The van der Waals surface area contributed by atoms with Crippen molar-refractivity contribution in [3.8, 4) is 0 Å². The lowest BCUT2D eigenvalue weighted by Crippen LogP contribution is -2.43. The van der Waals surface area contributed by atoms with E-state index in [2.05, 4.69) is 5.10 Å². The number of aryl methyl sites for hydroxylation is 1. The lowest BCUT2D eigenvalue weighted by Gasteiger charge is -2.32. The van der Waals surface area contributed by atoms with Crippen LogP contribution < -0.4 is 0 Å². The summed E-state index contributed by atoms with van der Waals surface area (Å²) in [5.41, 5.74) is 0.903. The standard InChI is InChI=1S/C18H22F2N4O3S/c1-22(11-13-10-21-23(2)12-13)18(25)14-5-7-24(8-6-14)28(26,27)17-9-15(19)3-4-16(17)20/h3-4,9-10,12,14H,5-8,11H2,1-2H3. The Kier molecular flexibility index (Phi) is 5.80. The number of carbonyl (C=O) groups excluding carboxylic acids is 1. The predicted octanol–water partition coefficient (Wildman–Crippen LogP) is 1.76. The van der Waals surface area contributed by atoms with Crippen molar-refractivity contribution in [2.75, 3.05) is 20.1 Å². The van der Waals surface area contributed by atoms with E-state index in [1.807, 2.05) is 6.20 Å². The van der Waals surface area contributed by atoms with Crippen molar-refractivity contribution in [3.05, 3.63) is 47.8 Å². The van der Waals surface area contributed by atoms with Crippen LogP contribution in [0.2, 0.25) is 0 Å². The van der Waals surface area contributed by atoms with E-state index in [9.17, 15) is 22.0 Å². The van der Waals surface area contributed by atoms with Gasteiger partial charge in [0.2, 0.25) is 15.9 Å². The Morgan fingerprint density at radius 1 is 1.29 bits per heavy atom. The second-order valence-corrected chi connectivity index (χ2v) is 8.88. The molecule has 0 saturated carbocycles. The molecule has 1 aromatic carbocycles. The van der Waals surface area contributed by atoms with Crippen LogP contribution in [0.15, 0.2) is 35.5 Å². The molecule has 1 amide bonds. The number of benzene rings is 1. The molecular weight excluding hydrogens is 390 g/mol. The first-order chi connectivity index (χ1) is 13.2. The van der Waals surface area contributed by atoms with Gasteiger partial charge in [-0.05, 0) is 31.0 Å². The fourth-order valence-electron chi connectivity index (χ4n) is 3.37. The first kappa shape index (κ1) is 20.4. The summed E-state index contributed by atoms with van der Waals surface area (Å²) in [6, 6.07) is 2.35. The molecule has 0 N–H and O–H groups in total. The highest BCUT2D eigenvalue weighted by Crippen LogP contribution is 2.27. The summed E-state index contributed by atoms with van der Waals surface area (Å²) in [5.74, 6) is -2.19. The van der Waals surface area contributed by atoms with E-state index >= 15 is 0 Å². The minimum atomic E-state index is -4.15. The number of amides is 1. The molecule has 10 heteroatoms. The third kappa shape index (κ3) is 4.22. The fraction of sp³-hybridized carbons (Fsp3) is 0.444. The molecular formula is C18H22F2N4O3S. The van der Waals surface area contributed by atoms with Crippen LogP contribution in [0.25, 0.3) is 0 Å². The summed E-state index contributed by atoms with van der Waals surface area (Å²) in [6.45, 7) is 0.574. The maximum Gasteiger partial charge on any atom is 0.246 e. The zero-order valence-electron chi connectivity index (χ0n) is 15.7. The third-order valence-electron chi connectivity index (χ3n) is 4.87. The van der Waals surface area contributed by atoms with Crippen molar-refractivity contribution in [3.63, 3.8) is 0 Å². The van der Waals surface area contributed by atoms with E-state index in [0.717, 1.165) is 22.0 Å². The van der Waals surface area contributed by atoms with E-state index in [4.69, 9.17) is 0 Å². The van der Waals surface area contributed by atoms with Crippen molar-refractivity contribution in [2.45, 2.75) is 24.3 Å². The van der Waals surface area contributed by atoms with Crippen LogP contribution in [0.1, 0.15) is 18.4 Å². The highest BCUT2D eigenvalue weighted by atomic mass is 32.2. The third-order valence-corrected chi connectivity index (χ3v) is 6.78. The number of sulfonamides is 1. The highest BCUT2D eigenvalue weighted by Gasteiger charge is 2.34. The highest BCUT2D eigenvalue weighted by molar-refractivity contribution is 7.89. The van der Waals surface area contributed by atoms with Gasteiger partial charge in [-0.15, -0.1) is 0 Å². The number of rotatable bonds is 5. The van der Waals surface area contributed by atoms with Gasteiger partial charge in [-0.2, -0.15) is 9.40 Å². The minimum Gasteiger partial charge on any atom is -0.341 e. The Morgan fingerprint density at radius 3 is 2.57 bits per heavy atom. The molecule has 2 heterocycles. The molecule has 3 rings (SSSR count). The lowest BCUT2D eigenvalue weighted by atomic mass is 9.96. The average molecular weight is 412 g/mol. The molecule has 152 valence electrons. The smallest absolute Gasteiger partial charge is 0.246 e. The monoisotopic (exact) mass is 412 g/mol. The Labute approximate surface area is 162 Å². The van der Waals surface area contributed by atoms with Crippen LogP contribution in [-0.2, 0) is 28.4 Å². The van der Waals surface area contributed by atoms with Gasteiger partial charge in [-0.3, -0.25) is 9.48 Å². The van der Waals surface area contributed by atoms with Gasteiger partial charge in [0.05, 0.1) is 6.20 Å². The number of piperidine rings is 1. The van der Waals surface area contributed by atoms with Crippen LogP contribution in [0.3, 0.4) is 0 Å². The van der Waals surface area contributed by atoms with Crippen molar-refractivity contribution in [2.24, 2.45) is 13.0 Å². The van der Waals surface area contributed by atoms with Crippen LogP contribution in [-0.4, -0.2) is 53.4 Å². The first-order valence-corrected chi connectivity index (χ1v) is 10.3. The van der Waals surface area contributed by atoms with Gasteiger partial charge in [0.25, 0.3) is 0 Å². The van der Waals surface area contributed by atoms with Gasteiger partial charge in [-0.1, -0.05) is 0 Å². The summed E-state index contributed by atoms with van der Waals surface area (Å²) < 4.78 is 55.3. The van der Waals surface area contributed by atoms with Gasteiger partial charge < -0.3 is 4.90 Å². The minimum absolute atomic E-state index is 0.0714. The van der Waals surface area contributed by atoms with Crippen LogP contribution in [0.4, 0.5) is 8.78 Å². The van der Waals surface area contributed by atoms with E-state index in [1.165, 1.54) is 0 Å². The summed E-state index contributed by atoms with van der Waals surface area (Å²) in [4.78, 5) is 13.6.